The Labute approximate surface area is 58.8 Å². The lowest BCUT2D eigenvalue weighted by Gasteiger charge is -1.64. The number of aliphatic carboxylic acids is 1. The van der Waals surface area contributed by atoms with E-state index in [0.717, 1.165) is 6.08 Å². The van der Waals surface area contributed by atoms with Gasteiger partial charge in [0.05, 0.1) is 6.54 Å². The number of carboxylic acids is 1. The first kappa shape index (κ1) is 11.4. The molecule has 4 nitrogen and oxygen atoms in total. The topological polar surface area (TPSA) is 66.7 Å². The smallest absolute Gasteiger partial charge is 0.327 e. The Morgan fingerprint density at radius 1 is 1.60 bits per heavy atom. The van der Waals surface area contributed by atoms with Gasteiger partial charge in [-0.25, -0.2) is 4.79 Å². The fourth-order valence-corrected chi connectivity index (χ4v) is 0.0527. The van der Waals surface area contributed by atoms with Gasteiger partial charge in [-0.15, -0.1) is 6.58 Å². The second-order valence-electron chi connectivity index (χ2n) is 1.14. The Morgan fingerprint density at radius 2 is 2.00 bits per heavy atom. The van der Waals surface area contributed by atoms with Crippen molar-refractivity contribution in [1.82, 2.24) is 0 Å². The average molecular weight is 143 g/mol. The standard InChI is InChI=1S/C3H5NO.C3H4O2/c1-2-3-4-5;1-2-3(4)5/h2H,1,3H2;2H,1H2,(H,4,5). The van der Waals surface area contributed by atoms with Crippen molar-refractivity contribution < 1.29 is 9.90 Å². The monoisotopic (exact) mass is 143 g/mol. The summed E-state index contributed by atoms with van der Waals surface area (Å²) in [6.45, 7) is 6.44. The molecule has 0 aromatic rings. The number of carboxylic acid groups (broad SMARTS) is 1. The van der Waals surface area contributed by atoms with Crippen molar-refractivity contribution in [3.05, 3.63) is 30.2 Å². The summed E-state index contributed by atoms with van der Waals surface area (Å²) in [5, 5.41) is 10.1. The number of carbonyl (C=O) groups is 1. The number of hydrogen-bond donors (Lipinski definition) is 1. The maximum Gasteiger partial charge on any atom is 0.327 e. The lowest BCUT2D eigenvalue weighted by Crippen LogP contribution is -1.82. The second kappa shape index (κ2) is 10.5. The third-order valence-corrected chi connectivity index (χ3v) is 0.378. The Bertz CT molecular complexity index is 125. The van der Waals surface area contributed by atoms with Crippen LogP contribution in [-0.4, -0.2) is 17.6 Å². The van der Waals surface area contributed by atoms with Gasteiger partial charge in [-0.3, -0.25) is 0 Å². The molecule has 0 aliphatic rings. The van der Waals surface area contributed by atoms with Gasteiger partial charge in [0.25, 0.3) is 0 Å². The highest BCUT2D eigenvalue weighted by atomic mass is 16.4. The van der Waals surface area contributed by atoms with Crippen molar-refractivity contribution >= 4 is 5.97 Å². The Balaban J connectivity index is 0. The van der Waals surface area contributed by atoms with E-state index in [-0.39, 0.29) is 6.54 Å². The summed E-state index contributed by atoms with van der Waals surface area (Å²) in [6.07, 6.45) is 2.28. The summed E-state index contributed by atoms with van der Waals surface area (Å²) >= 11 is 0. The van der Waals surface area contributed by atoms with Gasteiger partial charge >= 0.3 is 5.97 Å². The van der Waals surface area contributed by atoms with Crippen LogP contribution in [0.4, 0.5) is 0 Å². The van der Waals surface area contributed by atoms with Crippen molar-refractivity contribution in [1.29, 1.82) is 0 Å². The van der Waals surface area contributed by atoms with Gasteiger partial charge < -0.3 is 5.11 Å². The minimum atomic E-state index is -0.981. The van der Waals surface area contributed by atoms with Crippen LogP contribution >= 0.6 is 0 Å². The van der Waals surface area contributed by atoms with Crippen LogP contribution in [-0.2, 0) is 4.79 Å². The molecule has 4 heteroatoms. The number of nitroso groups, excluding NO2 is 1. The van der Waals surface area contributed by atoms with Crippen molar-refractivity contribution in [3.63, 3.8) is 0 Å². The van der Waals surface area contributed by atoms with Crippen LogP contribution in [0.25, 0.3) is 0 Å². The van der Waals surface area contributed by atoms with Crippen LogP contribution in [0.2, 0.25) is 0 Å². The van der Waals surface area contributed by atoms with Gasteiger partial charge in [0.15, 0.2) is 0 Å². The lowest BCUT2D eigenvalue weighted by molar-refractivity contribution is -0.131. The predicted molar refractivity (Wildman–Crippen MR) is 38.7 cm³/mol. The van der Waals surface area contributed by atoms with E-state index >= 15 is 0 Å². The maximum atomic E-state index is 9.25. The van der Waals surface area contributed by atoms with E-state index in [1.54, 1.807) is 0 Å². The van der Waals surface area contributed by atoms with E-state index in [1.807, 2.05) is 0 Å². The summed E-state index contributed by atoms with van der Waals surface area (Å²) in [5.74, 6) is -0.981. The number of rotatable bonds is 3. The molecule has 0 rings (SSSR count). The van der Waals surface area contributed by atoms with Gasteiger partial charge in [-0.2, -0.15) is 4.91 Å². The molecule has 56 valence electrons. The minimum absolute atomic E-state index is 0.222. The first-order valence-electron chi connectivity index (χ1n) is 2.44. The molecule has 10 heavy (non-hydrogen) atoms. The zero-order valence-corrected chi connectivity index (χ0v) is 5.49. The highest BCUT2D eigenvalue weighted by Crippen LogP contribution is 1.61. The SMILES string of the molecule is C=CC(=O)O.C=CCN=O. The molecule has 0 amide bonds. The molecule has 0 aromatic heterocycles. The third-order valence-electron chi connectivity index (χ3n) is 0.378. The molecule has 0 fully saturated rings. The van der Waals surface area contributed by atoms with Crippen LogP contribution in [0.3, 0.4) is 0 Å². The molecule has 0 saturated heterocycles. The largest absolute Gasteiger partial charge is 0.478 e. The van der Waals surface area contributed by atoms with E-state index in [1.165, 1.54) is 6.08 Å². The highest BCUT2D eigenvalue weighted by molar-refractivity contribution is 5.78. The zero-order valence-electron chi connectivity index (χ0n) is 5.49. The first-order valence-corrected chi connectivity index (χ1v) is 2.44. The van der Waals surface area contributed by atoms with Crippen molar-refractivity contribution in [3.8, 4) is 0 Å². The zero-order chi connectivity index (χ0) is 8.41. The highest BCUT2D eigenvalue weighted by Gasteiger charge is 1.73. The van der Waals surface area contributed by atoms with Crippen LogP contribution < -0.4 is 0 Å². The Hall–Kier alpha value is -1.45. The fraction of sp³-hybridized carbons (Fsp3) is 0.167. The summed E-state index contributed by atoms with van der Waals surface area (Å²) < 4.78 is 0. The molecule has 0 saturated carbocycles. The molecular formula is C6H9NO3. The Kier molecular flexibility index (Phi) is 11.9. The Morgan fingerprint density at radius 3 is 2.00 bits per heavy atom. The molecule has 0 atom stereocenters. The molecule has 0 radical (unpaired) electrons. The molecule has 0 aliphatic carbocycles. The van der Waals surface area contributed by atoms with E-state index in [0.29, 0.717) is 0 Å². The van der Waals surface area contributed by atoms with Gasteiger partial charge in [0.2, 0.25) is 0 Å². The van der Waals surface area contributed by atoms with Crippen LogP contribution in [0.5, 0.6) is 0 Å². The van der Waals surface area contributed by atoms with Crippen molar-refractivity contribution in [2.45, 2.75) is 0 Å². The van der Waals surface area contributed by atoms with E-state index in [9.17, 15) is 4.79 Å². The summed E-state index contributed by atoms with van der Waals surface area (Å²) in [5.41, 5.74) is 0. The molecular weight excluding hydrogens is 134 g/mol. The maximum absolute atomic E-state index is 9.25. The van der Waals surface area contributed by atoms with Crippen molar-refractivity contribution in [2.24, 2.45) is 5.18 Å². The van der Waals surface area contributed by atoms with Gasteiger partial charge in [0.1, 0.15) is 0 Å². The van der Waals surface area contributed by atoms with Crippen LogP contribution in [0.15, 0.2) is 30.5 Å². The predicted octanol–water partition coefficient (Wildman–Crippen LogP) is 1.20. The van der Waals surface area contributed by atoms with Crippen LogP contribution in [0.1, 0.15) is 0 Å². The second-order valence-corrected chi connectivity index (χ2v) is 1.14. The number of nitrogens with zero attached hydrogens (tertiary/aromatic N) is 1. The van der Waals surface area contributed by atoms with Crippen molar-refractivity contribution in [2.75, 3.05) is 6.54 Å². The molecule has 0 spiro atoms. The minimum Gasteiger partial charge on any atom is -0.478 e. The molecule has 0 aliphatic heterocycles. The molecule has 0 bridgehead atoms. The summed E-state index contributed by atoms with van der Waals surface area (Å²) in [4.78, 5) is 18.3. The van der Waals surface area contributed by atoms with E-state index in [4.69, 9.17) is 10.0 Å². The van der Waals surface area contributed by atoms with Gasteiger partial charge in [-0.1, -0.05) is 17.8 Å². The molecule has 0 heterocycles. The number of hydrogen-bond acceptors (Lipinski definition) is 3. The summed E-state index contributed by atoms with van der Waals surface area (Å²) in [7, 11) is 0. The third kappa shape index (κ3) is 31.0. The summed E-state index contributed by atoms with van der Waals surface area (Å²) in [6, 6.07) is 0. The molecule has 1 N–H and O–H groups in total. The molecule has 0 unspecified atom stereocenters. The average Bonchev–Trinajstić information content (AvgIpc) is 1.91. The van der Waals surface area contributed by atoms with Gasteiger partial charge in [-0.05, 0) is 0 Å². The van der Waals surface area contributed by atoms with E-state index < -0.39 is 5.97 Å². The lowest BCUT2D eigenvalue weighted by atomic mass is 10.7. The van der Waals surface area contributed by atoms with Gasteiger partial charge in [0, 0.05) is 6.08 Å². The van der Waals surface area contributed by atoms with E-state index in [2.05, 4.69) is 18.3 Å². The normalized spacial score (nSPS) is 6.40. The fourth-order valence-electron chi connectivity index (χ4n) is 0.0527. The van der Waals surface area contributed by atoms with Crippen LogP contribution in [0, 0.1) is 4.91 Å². The molecule has 0 aromatic carbocycles. The quantitative estimate of drug-likeness (QED) is 0.366. The first-order chi connectivity index (χ1) is 4.68.